The van der Waals surface area contributed by atoms with Crippen LogP contribution in [-0.2, 0) is 9.47 Å². The lowest BCUT2D eigenvalue weighted by molar-refractivity contribution is -0.00241. The Morgan fingerprint density at radius 1 is 1.17 bits per heavy atom. The summed E-state index contributed by atoms with van der Waals surface area (Å²) in [5.74, 6) is 0. The number of ether oxygens (including phenoxy) is 2. The Labute approximate surface area is 74.2 Å². The number of nitrogens with two attached hydrogens (primary N) is 1. The minimum absolute atomic E-state index is 0.410. The van der Waals surface area contributed by atoms with Gasteiger partial charge < -0.3 is 15.2 Å². The highest BCUT2D eigenvalue weighted by molar-refractivity contribution is 4.74. The Balaban J connectivity index is 2.01. The molecule has 3 nitrogen and oxygen atoms in total. The summed E-state index contributed by atoms with van der Waals surface area (Å²) < 4.78 is 10.5. The highest BCUT2D eigenvalue weighted by Gasteiger charge is 2.18. The summed E-state index contributed by atoms with van der Waals surface area (Å²) in [6, 6.07) is 0.410. The molecule has 2 N–H and O–H groups in total. The van der Waals surface area contributed by atoms with Gasteiger partial charge >= 0.3 is 0 Å². The van der Waals surface area contributed by atoms with Crippen molar-refractivity contribution in [1.82, 2.24) is 0 Å². The van der Waals surface area contributed by atoms with Gasteiger partial charge in [0.1, 0.15) is 0 Å². The Hall–Kier alpha value is -0.120. The molecule has 12 heavy (non-hydrogen) atoms. The van der Waals surface area contributed by atoms with Gasteiger partial charge in [-0.3, -0.25) is 0 Å². The zero-order valence-corrected chi connectivity index (χ0v) is 7.79. The minimum Gasteiger partial charge on any atom is -0.382 e. The number of methoxy groups -OCH3 is 1. The first-order chi connectivity index (χ1) is 5.83. The van der Waals surface area contributed by atoms with E-state index < -0.39 is 0 Å². The van der Waals surface area contributed by atoms with Gasteiger partial charge in [0.05, 0.1) is 19.3 Å². The Bertz CT molecular complexity index is 111. The van der Waals surface area contributed by atoms with Crippen LogP contribution in [-0.4, -0.2) is 32.5 Å². The molecule has 1 saturated carbocycles. The number of hydrogen-bond donors (Lipinski definition) is 1. The van der Waals surface area contributed by atoms with Crippen molar-refractivity contribution in [3.05, 3.63) is 0 Å². The van der Waals surface area contributed by atoms with Crippen molar-refractivity contribution >= 4 is 0 Å². The van der Waals surface area contributed by atoms with E-state index in [1.54, 1.807) is 7.11 Å². The van der Waals surface area contributed by atoms with Gasteiger partial charge in [-0.15, -0.1) is 0 Å². The van der Waals surface area contributed by atoms with Crippen LogP contribution in [0.4, 0.5) is 0 Å². The SMILES string of the molecule is COCCO[C@H]1CC[C@H](N)CC1. The van der Waals surface area contributed by atoms with Crippen LogP contribution in [0.2, 0.25) is 0 Å². The average molecular weight is 173 g/mol. The molecule has 0 saturated heterocycles. The second-order valence-electron chi connectivity index (χ2n) is 3.40. The topological polar surface area (TPSA) is 44.5 Å². The predicted molar refractivity (Wildman–Crippen MR) is 48.1 cm³/mol. The van der Waals surface area contributed by atoms with Crippen molar-refractivity contribution in [1.29, 1.82) is 0 Å². The monoisotopic (exact) mass is 173 g/mol. The molecule has 0 aromatic heterocycles. The molecule has 3 heteroatoms. The molecule has 0 atom stereocenters. The van der Waals surface area contributed by atoms with E-state index in [1.165, 1.54) is 0 Å². The summed E-state index contributed by atoms with van der Waals surface area (Å²) in [5.41, 5.74) is 5.77. The molecule has 0 amide bonds. The summed E-state index contributed by atoms with van der Waals surface area (Å²) in [6.07, 6.45) is 4.88. The van der Waals surface area contributed by atoms with Crippen LogP contribution in [0.3, 0.4) is 0 Å². The maximum Gasteiger partial charge on any atom is 0.0704 e. The van der Waals surface area contributed by atoms with Gasteiger partial charge in [-0.05, 0) is 25.7 Å². The van der Waals surface area contributed by atoms with Crippen LogP contribution in [0.1, 0.15) is 25.7 Å². The van der Waals surface area contributed by atoms with Crippen LogP contribution in [0.5, 0.6) is 0 Å². The molecule has 0 aliphatic heterocycles. The summed E-state index contributed by atoms with van der Waals surface area (Å²) in [6.45, 7) is 1.42. The maximum atomic E-state index is 5.77. The van der Waals surface area contributed by atoms with Crippen LogP contribution >= 0.6 is 0 Å². The molecular weight excluding hydrogens is 154 g/mol. The lowest BCUT2D eigenvalue weighted by Crippen LogP contribution is -2.30. The molecule has 1 fully saturated rings. The van der Waals surface area contributed by atoms with Crippen LogP contribution in [0.25, 0.3) is 0 Å². The van der Waals surface area contributed by atoms with E-state index in [0.29, 0.717) is 18.8 Å². The Morgan fingerprint density at radius 3 is 2.42 bits per heavy atom. The van der Waals surface area contributed by atoms with E-state index in [0.717, 1.165) is 32.3 Å². The lowest BCUT2D eigenvalue weighted by Gasteiger charge is -2.25. The van der Waals surface area contributed by atoms with Crippen LogP contribution < -0.4 is 5.73 Å². The largest absolute Gasteiger partial charge is 0.382 e. The summed E-state index contributed by atoms with van der Waals surface area (Å²) in [4.78, 5) is 0. The zero-order valence-electron chi connectivity index (χ0n) is 7.79. The second kappa shape index (κ2) is 5.51. The van der Waals surface area contributed by atoms with E-state index in [-0.39, 0.29) is 0 Å². The summed E-state index contributed by atoms with van der Waals surface area (Å²) in [5, 5.41) is 0. The van der Waals surface area contributed by atoms with E-state index >= 15 is 0 Å². The van der Waals surface area contributed by atoms with Crippen molar-refractivity contribution in [2.24, 2.45) is 5.73 Å². The van der Waals surface area contributed by atoms with Gasteiger partial charge in [0.15, 0.2) is 0 Å². The fourth-order valence-corrected chi connectivity index (χ4v) is 1.55. The molecule has 0 aromatic carbocycles. The quantitative estimate of drug-likeness (QED) is 0.643. The van der Waals surface area contributed by atoms with Crippen LogP contribution in [0.15, 0.2) is 0 Å². The fourth-order valence-electron chi connectivity index (χ4n) is 1.55. The molecule has 0 unspecified atom stereocenters. The smallest absolute Gasteiger partial charge is 0.0704 e. The standard InChI is InChI=1S/C9H19NO2/c1-11-6-7-12-9-4-2-8(10)3-5-9/h8-9H,2-7,10H2,1H3/t8-,9-. The first-order valence-corrected chi connectivity index (χ1v) is 4.69. The summed E-state index contributed by atoms with van der Waals surface area (Å²) in [7, 11) is 1.69. The lowest BCUT2D eigenvalue weighted by atomic mass is 9.94. The van der Waals surface area contributed by atoms with Crippen molar-refractivity contribution < 1.29 is 9.47 Å². The van der Waals surface area contributed by atoms with Crippen LogP contribution in [0, 0.1) is 0 Å². The normalized spacial score (nSPS) is 30.5. The van der Waals surface area contributed by atoms with E-state index in [4.69, 9.17) is 15.2 Å². The van der Waals surface area contributed by atoms with E-state index in [1.807, 2.05) is 0 Å². The van der Waals surface area contributed by atoms with Gasteiger partial charge in [0.25, 0.3) is 0 Å². The Morgan fingerprint density at radius 2 is 1.83 bits per heavy atom. The molecule has 0 heterocycles. The number of hydrogen-bond acceptors (Lipinski definition) is 3. The van der Waals surface area contributed by atoms with Crippen molar-refractivity contribution in [3.8, 4) is 0 Å². The molecule has 1 aliphatic carbocycles. The van der Waals surface area contributed by atoms with Crippen molar-refractivity contribution in [3.63, 3.8) is 0 Å². The minimum atomic E-state index is 0.410. The Kier molecular flexibility index (Phi) is 4.58. The molecule has 0 aromatic rings. The van der Waals surface area contributed by atoms with Crippen molar-refractivity contribution in [2.45, 2.75) is 37.8 Å². The van der Waals surface area contributed by atoms with Gasteiger partial charge in [0, 0.05) is 13.2 Å². The van der Waals surface area contributed by atoms with Gasteiger partial charge in [-0.1, -0.05) is 0 Å². The third-order valence-electron chi connectivity index (χ3n) is 2.36. The van der Waals surface area contributed by atoms with Crippen molar-refractivity contribution in [2.75, 3.05) is 20.3 Å². The first-order valence-electron chi connectivity index (χ1n) is 4.69. The average Bonchev–Trinajstić information content (AvgIpc) is 2.09. The highest BCUT2D eigenvalue weighted by atomic mass is 16.5. The third kappa shape index (κ3) is 3.52. The fraction of sp³-hybridized carbons (Fsp3) is 1.00. The maximum absolute atomic E-state index is 5.77. The molecule has 0 bridgehead atoms. The first kappa shape index (κ1) is 9.96. The second-order valence-corrected chi connectivity index (χ2v) is 3.40. The molecule has 0 radical (unpaired) electrons. The molecule has 72 valence electrons. The zero-order chi connectivity index (χ0) is 8.81. The van der Waals surface area contributed by atoms with Gasteiger partial charge in [0.2, 0.25) is 0 Å². The highest BCUT2D eigenvalue weighted by Crippen LogP contribution is 2.19. The van der Waals surface area contributed by atoms with E-state index in [2.05, 4.69) is 0 Å². The number of rotatable bonds is 4. The van der Waals surface area contributed by atoms with Gasteiger partial charge in [-0.25, -0.2) is 0 Å². The predicted octanol–water partition coefficient (Wildman–Crippen LogP) is 0.919. The van der Waals surface area contributed by atoms with E-state index in [9.17, 15) is 0 Å². The molecular formula is C9H19NO2. The van der Waals surface area contributed by atoms with Gasteiger partial charge in [-0.2, -0.15) is 0 Å². The molecule has 1 rings (SSSR count). The molecule has 0 spiro atoms. The third-order valence-corrected chi connectivity index (χ3v) is 2.36. The summed E-state index contributed by atoms with van der Waals surface area (Å²) >= 11 is 0. The molecule has 1 aliphatic rings.